The number of phosphoric ester groups is 1. The van der Waals surface area contributed by atoms with Gasteiger partial charge in [-0.2, -0.15) is 13.2 Å². The lowest BCUT2D eigenvalue weighted by Gasteiger charge is -2.21. The Hall–Kier alpha value is -1.49. The zero-order valence-electron chi connectivity index (χ0n) is 18.6. The first-order valence-electron chi connectivity index (χ1n) is 10.6. The summed E-state index contributed by atoms with van der Waals surface area (Å²) >= 11 is 1.02. The first-order chi connectivity index (χ1) is 15.3. The van der Waals surface area contributed by atoms with Crippen LogP contribution in [0.2, 0.25) is 0 Å². The highest BCUT2D eigenvalue weighted by Gasteiger charge is 2.35. The number of hydrogen-bond acceptors (Lipinski definition) is 6. The molecule has 1 aromatic heterocycles. The van der Waals surface area contributed by atoms with Crippen LogP contribution in [0.1, 0.15) is 62.9 Å². The van der Waals surface area contributed by atoms with Crippen LogP contribution < -0.4 is 10.5 Å². The number of aromatic nitrogens is 1. The van der Waals surface area contributed by atoms with E-state index in [0.717, 1.165) is 49.5 Å². The van der Waals surface area contributed by atoms with E-state index < -0.39 is 31.7 Å². The van der Waals surface area contributed by atoms with E-state index >= 15 is 0 Å². The maximum absolute atomic E-state index is 13.7. The number of halogens is 3. The number of benzene rings is 1. The van der Waals surface area contributed by atoms with Crippen molar-refractivity contribution in [3.63, 3.8) is 0 Å². The van der Waals surface area contributed by atoms with Crippen LogP contribution in [-0.2, 0) is 20.8 Å². The van der Waals surface area contributed by atoms with Crippen LogP contribution in [0.5, 0.6) is 5.75 Å². The van der Waals surface area contributed by atoms with E-state index in [2.05, 4.69) is 16.4 Å². The predicted molar refractivity (Wildman–Crippen MR) is 121 cm³/mol. The first-order valence-corrected chi connectivity index (χ1v) is 13.0. The monoisotopic (exact) mass is 510 g/mol. The maximum Gasteiger partial charge on any atom is 0.469 e. The van der Waals surface area contributed by atoms with Crippen molar-refractivity contribution in [3.05, 3.63) is 35.0 Å². The number of unbranched alkanes of at least 4 members (excludes halogenated alkanes) is 5. The quantitative estimate of drug-likeness (QED) is 0.229. The minimum Gasteiger partial charge on any atom is -0.493 e. The Morgan fingerprint density at radius 2 is 1.82 bits per heavy atom. The Morgan fingerprint density at radius 3 is 2.45 bits per heavy atom. The molecule has 12 heteroatoms. The zero-order valence-corrected chi connectivity index (χ0v) is 20.3. The fraction of sp³-hybridized carbons (Fsp3) is 0.571. The molecule has 2 rings (SSSR count). The SMILES string of the molecule is CCCCCCCCOc1ccc(-c2cnc([C@](C)(N)COP(=O)(O)O)s2)cc1C(F)(F)F. The molecule has 2 aromatic rings. The Morgan fingerprint density at radius 1 is 1.15 bits per heavy atom. The lowest BCUT2D eigenvalue weighted by molar-refractivity contribution is -0.138. The van der Waals surface area contributed by atoms with Gasteiger partial charge in [0, 0.05) is 6.20 Å². The second-order valence-corrected chi connectivity index (χ2v) is 10.3. The van der Waals surface area contributed by atoms with Crippen LogP contribution in [0, 0.1) is 0 Å². The third-order valence-electron chi connectivity index (χ3n) is 4.85. The van der Waals surface area contributed by atoms with Gasteiger partial charge in [0.15, 0.2) is 0 Å². The second-order valence-electron chi connectivity index (χ2n) is 8.04. The van der Waals surface area contributed by atoms with E-state index in [-0.39, 0.29) is 22.9 Å². The molecule has 0 radical (unpaired) electrons. The van der Waals surface area contributed by atoms with Gasteiger partial charge in [0.2, 0.25) is 0 Å². The van der Waals surface area contributed by atoms with Crippen molar-refractivity contribution in [3.8, 4) is 16.2 Å². The number of alkyl halides is 3. The highest BCUT2D eigenvalue weighted by molar-refractivity contribution is 7.46. The van der Waals surface area contributed by atoms with Gasteiger partial charge in [-0.1, -0.05) is 39.0 Å². The molecule has 0 aliphatic rings. The van der Waals surface area contributed by atoms with Crippen molar-refractivity contribution in [2.75, 3.05) is 13.2 Å². The summed E-state index contributed by atoms with van der Waals surface area (Å²) in [6.45, 7) is 3.29. The average molecular weight is 511 g/mol. The average Bonchev–Trinajstić information content (AvgIpc) is 3.22. The zero-order chi connectivity index (χ0) is 24.7. The topological polar surface area (TPSA) is 115 Å². The van der Waals surface area contributed by atoms with Crippen molar-refractivity contribution in [1.82, 2.24) is 4.98 Å². The van der Waals surface area contributed by atoms with Crippen LogP contribution in [0.4, 0.5) is 13.2 Å². The molecule has 1 atom stereocenters. The van der Waals surface area contributed by atoms with Crippen LogP contribution >= 0.6 is 19.2 Å². The number of hydrogen-bond donors (Lipinski definition) is 3. The molecule has 0 saturated carbocycles. The van der Waals surface area contributed by atoms with Gasteiger partial charge in [0.25, 0.3) is 0 Å². The van der Waals surface area contributed by atoms with E-state index in [1.807, 2.05) is 0 Å². The minimum atomic E-state index is -4.73. The van der Waals surface area contributed by atoms with E-state index in [9.17, 15) is 17.7 Å². The van der Waals surface area contributed by atoms with E-state index in [0.29, 0.717) is 11.3 Å². The van der Waals surface area contributed by atoms with E-state index in [1.54, 1.807) is 0 Å². The van der Waals surface area contributed by atoms with Gasteiger partial charge in [0.1, 0.15) is 10.8 Å². The Labute approximate surface area is 195 Å². The van der Waals surface area contributed by atoms with E-state index in [1.165, 1.54) is 25.3 Å². The molecule has 0 bridgehead atoms. The molecule has 186 valence electrons. The highest BCUT2D eigenvalue weighted by atomic mass is 32.1. The predicted octanol–water partition coefficient (Wildman–Crippen LogP) is 5.85. The molecule has 0 amide bonds. The fourth-order valence-corrected chi connectivity index (χ4v) is 4.44. The Balaban J connectivity index is 2.13. The standard InChI is InChI=1S/C21H30F3N2O5PS/c1-3-4-5-6-7-8-11-30-17-10-9-15(12-16(17)21(22,23)24)18-13-26-19(33-18)20(2,25)14-31-32(27,28)29/h9-10,12-13H,3-8,11,14,25H2,1-2H3,(H2,27,28,29)/t20-/m1/s1. The molecule has 0 aliphatic carbocycles. The van der Waals surface area contributed by atoms with Gasteiger partial charge in [-0.25, -0.2) is 9.55 Å². The van der Waals surface area contributed by atoms with Gasteiger partial charge < -0.3 is 20.3 Å². The van der Waals surface area contributed by atoms with Gasteiger partial charge in [-0.3, -0.25) is 4.52 Å². The molecule has 0 saturated heterocycles. The number of rotatable bonds is 13. The number of nitrogens with two attached hydrogens (primary N) is 1. The summed E-state index contributed by atoms with van der Waals surface area (Å²) in [5.74, 6) is -0.219. The van der Waals surface area contributed by atoms with Crippen molar-refractivity contribution in [1.29, 1.82) is 0 Å². The lowest BCUT2D eigenvalue weighted by atomic mass is 10.1. The maximum atomic E-state index is 13.7. The van der Waals surface area contributed by atoms with Crippen LogP contribution in [-0.4, -0.2) is 28.0 Å². The van der Waals surface area contributed by atoms with Crippen LogP contribution in [0.3, 0.4) is 0 Å². The molecule has 4 N–H and O–H groups in total. The summed E-state index contributed by atoms with van der Waals surface area (Å²) < 4.78 is 61.8. The molecule has 1 heterocycles. The number of phosphoric acid groups is 1. The number of nitrogens with zero attached hydrogens (tertiary/aromatic N) is 1. The van der Waals surface area contributed by atoms with Gasteiger partial charge >= 0.3 is 14.0 Å². The van der Waals surface area contributed by atoms with Gasteiger partial charge in [-0.05, 0) is 37.1 Å². The molecular formula is C21H30F3N2O5PS. The van der Waals surface area contributed by atoms with Crippen molar-refractivity contribution >= 4 is 19.2 Å². The molecule has 7 nitrogen and oxygen atoms in total. The third kappa shape index (κ3) is 8.99. The molecule has 1 aromatic carbocycles. The van der Waals surface area contributed by atoms with Gasteiger partial charge in [0.05, 0.1) is 29.2 Å². The largest absolute Gasteiger partial charge is 0.493 e. The summed E-state index contributed by atoms with van der Waals surface area (Å²) in [7, 11) is -4.73. The van der Waals surface area contributed by atoms with Crippen LogP contribution in [0.15, 0.2) is 24.4 Å². The van der Waals surface area contributed by atoms with Crippen molar-refractivity contribution in [2.24, 2.45) is 5.73 Å². The number of ether oxygens (including phenoxy) is 1. The molecule has 0 unspecified atom stereocenters. The third-order valence-corrected chi connectivity index (χ3v) is 6.64. The smallest absolute Gasteiger partial charge is 0.469 e. The van der Waals surface area contributed by atoms with Crippen LogP contribution in [0.25, 0.3) is 10.4 Å². The highest BCUT2D eigenvalue weighted by Crippen LogP contribution is 2.41. The normalized spacial score (nSPS) is 14.3. The van der Waals surface area contributed by atoms with E-state index in [4.69, 9.17) is 20.3 Å². The molecular weight excluding hydrogens is 480 g/mol. The van der Waals surface area contributed by atoms with Gasteiger partial charge in [-0.15, -0.1) is 11.3 Å². The Bertz CT molecular complexity index is 946. The van der Waals surface area contributed by atoms with Crippen molar-refractivity contribution in [2.45, 2.75) is 64.1 Å². The fourth-order valence-electron chi connectivity index (χ4n) is 3.05. The second kappa shape index (κ2) is 11.8. The summed E-state index contributed by atoms with van der Waals surface area (Å²) in [6.07, 6.45) is 2.80. The molecule has 0 spiro atoms. The summed E-state index contributed by atoms with van der Waals surface area (Å²) in [4.78, 5) is 22.3. The summed E-state index contributed by atoms with van der Waals surface area (Å²) in [5, 5.41) is 0.267. The van der Waals surface area contributed by atoms with Crippen molar-refractivity contribution < 1.29 is 36.8 Å². The summed E-state index contributed by atoms with van der Waals surface area (Å²) in [6, 6.07) is 3.82. The molecule has 33 heavy (non-hydrogen) atoms. The molecule has 0 fully saturated rings. The molecule has 0 aliphatic heterocycles. The minimum absolute atomic E-state index is 0.213. The first kappa shape index (κ1) is 27.8. The lowest BCUT2D eigenvalue weighted by Crippen LogP contribution is -2.37. The Kier molecular flexibility index (Phi) is 9.90. The summed E-state index contributed by atoms with van der Waals surface area (Å²) in [5.41, 5.74) is 4.12. The number of thiazole rings is 1.